The second-order valence-corrected chi connectivity index (χ2v) is 7.69. The molecule has 2 aromatic rings. The number of carbonyl (C=O) groups is 1. The summed E-state index contributed by atoms with van der Waals surface area (Å²) in [5.41, 5.74) is -0.147. The van der Waals surface area contributed by atoms with E-state index >= 15 is 0 Å². The van der Waals surface area contributed by atoms with Gasteiger partial charge < -0.3 is 19.3 Å². The number of hydrogen-bond donors (Lipinski definition) is 3. The molecule has 0 bridgehead atoms. The molecule has 11 heteroatoms. The topological polar surface area (TPSA) is 141 Å². The molecular formula is C17H23N5O6. The maximum Gasteiger partial charge on any atom is 0.280 e. The average molecular weight is 393 g/mol. The molecule has 2 fully saturated rings. The molecule has 3 N–H and O–H groups in total. The van der Waals surface area contributed by atoms with Gasteiger partial charge in [0.25, 0.3) is 5.56 Å². The van der Waals surface area contributed by atoms with Gasteiger partial charge in [-0.3, -0.25) is 24.5 Å². The smallest absolute Gasteiger partial charge is 0.280 e. The molecule has 4 heterocycles. The first-order chi connectivity index (χ1) is 13.2. The van der Waals surface area contributed by atoms with Gasteiger partial charge in [0.15, 0.2) is 23.2 Å². The summed E-state index contributed by atoms with van der Waals surface area (Å²) in [4.78, 5) is 35.3. The lowest BCUT2D eigenvalue weighted by Crippen LogP contribution is -2.31. The number of H-pyrrole nitrogens is 1. The van der Waals surface area contributed by atoms with Crippen LogP contribution in [-0.2, 0) is 19.0 Å². The van der Waals surface area contributed by atoms with Gasteiger partial charge in [-0.1, -0.05) is 13.8 Å². The van der Waals surface area contributed by atoms with Crippen molar-refractivity contribution in [2.24, 2.45) is 5.92 Å². The van der Waals surface area contributed by atoms with Crippen molar-refractivity contribution in [2.45, 2.75) is 58.0 Å². The highest BCUT2D eigenvalue weighted by molar-refractivity contribution is 5.91. The van der Waals surface area contributed by atoms with Gasteiger partial charge in [-0.15, -0.1) is 0 Å². The summed E-state index contributed by atoms with van der Waals surface area (Å²) in [6.45, 7) is 6.79. The number of aliphatic hydroxyl groups excluding tert-OH is 1. The predicted octanol–water partition coefficient (Wildman–Crippen LogP) is 0.124. The summed E-state index contributed by atoms with van der Waals surface area (Å²) in [7, 11) is 0. The van der Waals surface area contributed by atoms with E-state index in [0.717, 1.165) is 0 Å². The van der Waals surface area contributed by atoms with Crippen molar-refractivity contribution in [3.8, 4) is 0 Å². The van der Waals surface area contributed by atoms with Crippen molar-refractivity contribution in [2.75, 3.05) is 11.9 Å². The number of amides is 1. The molecule has 152 valence electrons. The summed E-state index contributed by atoms with van der Waals surface area (Å²) in [5.74, 6) is -1.36. The minimum absolute atomic E-state index is 0.0233. The molecule has 11 nitrogen and oxygen atoms in total. The molecular weight excluding hydrogens is 370 g/mol. The van der Waals surface area contributed by atoms with E-state index in [9.17, 15) is 14.7 Å². The van der Waals surface area contributed by atoms with Gasteiger partial charge >= 0.3 is 0 Å². The van der Waals surface area contributed by atoms with E-state index in [1.807, 2.05) is 0 Å². The summed E-state index contributed by atoms with van der Waals surface area (Å²) >= 11 is 0. The number of nitrogens with one attached hydrogen (secondary N) is 2. The molecule has 0 radical (unpaired) electrons. The van der Waals surface area contributed by atoms with Crippen LogP contribution in [0, 0.1) is 5.92 Å². The van der Waals surface area contributed by atoms with Crippen LogP contribution in [0.5, 0.6) is 0 Å². The third-order valence-corrected chi connectivity index (χ3v) is 4.78. The van der Waals surface area contributed by atoms with Crippen molar-refractivity contribution >= 4 is 23.0 Å². The van der Waals surface area contributed by atoms with Gasteiger partial charge in [0, 0.05) is 5.92 Å². The van der Waals surface area contributed by atoms with Crippen LogP contribution in [0.2, 0.25) is 0 Å². The molecule has 4 rings (SSSR count). The standard InChI is InChI=1S/C17H23N5O6/c1-7(2)13(24)20-16-19-12-9(14(25)21-16)18-6-22(12)15-11-10(8(5-23)26-15)27-17(3,4)28-11/h6-8,10-11,15,23H,5H2,1-4H3,(H2,19,20,21,24,25). The summed E-state index contributed by atoms with van der Waals surface area (Å²) in [6.07, 6.45) is -0.839. The molecule has 0 saturated carbocycles. The summed E-state index contributed by atoms with van der Waals surface area (Å²) in [6, 6.07) is 0. The average Bonchev–Trinajstić information content (AvgIpc) is 3.25. The van der Waals surface area contributed by atoms with Crippen molar-refractivity contribution < 1.29 is 24.1 Å². The maximum atomic E-state index is 12.4. The van der Waals surface area contributed by atoms with E-state index in [1.54, 1.807) is 32.3 Å². The van der Waals surface area contributed by atoms with Crippen molar-refractivity contribution in [1.29, 1.82) is 0 Å². The normalized spacial score (nSPS) is 28.8. The van der Waals surface area contributed by atoms with Gasteiger partial charge in [0.05, 0.1) is 12.9 Å². The molecule has 0 aliphatic carbocycles. The molecule has 0 spiro atoms. The zero-order valence-corrected chi connectivity index (χ0v) is 16.0. The second kappa shape index (κ2) is 6.62. The van der Waals surface area contributed by atoms with Gasteiger partial charge in [-0.2, -0.15) is 4.98 Å². The van der Waals surface area contributed by atoms with E-state index in [4.69, 9.17) is 14.2 Å². The van der Waals surface area contributed by atoms with Crippen LogP contribution in [0.1, 0.15) is 33.9 Å². The number of aromatic amines is 1. The minimum atomic E-state index is -0.831. The van der Waals surface area contributed by atoms with Gasteiger partial charge in [0.1, 0.15) is 18.3 Å². The number of imidazole rings is 1. The lowest BCUT2D eigenvalue weighted by Gasteiger charge is -2.24. The van der Waals surface area contributed by atoms with E-state index in [-0.39, 0.29) is 35.5 Å². The number of rotatable bonds is 4. The van der Waals surface area contributed by atoms with Crippen LogP contribution in [0.25, 0.3) is 11.2 Å². The highest BCUT2D eigenvalue weighted by atomic mass is 16.8. The Labute approximate surface area is 160 Å². The predicted molar refractivity (Wildman–Crippen MR) is 96.4 cm³/mol. The van der Waals surface area contributed by atoms with E-state index in [2.05, 4.69) is 20.3 Å². The van der Waals surface area contributed by atoms with Crippen LogP contribution in [0.4, 0.5) is 5.95 Å². The highest BCUT2D eigenvalue weighted by Crippen LogP contribution is 2.43. The summed E-state index contributed by atoms with van der Waals surface area (Å²) < 4.78 is 19.3. The third kappa shape index (κ3) is 3.09. The zero-order chi connectivity index (χ0) is 20.2. The number of fused-ring (bicyclic) bond motifs is 2. The monoisotopic (exact) mass is 393 g/mol. The Morgan fingerprint density at radius 3 is 2.79 bits per heavy atom. The number of anilines is 1. The molecule has 28 heavy (non-hydrogen) atoms. The molecule has 2 aliphatic rings. The van der Waals surface area contributed by atoms with Crippen molar-refractivity contribution in [3.05, 3.63) is 16.7 Å². The van der Waals surface area contributed by atoms with Crippen molar-refractivity contribution in [1.82, 2.24) is 19.5 Å². The SMILES string of the molecule is CC(C)C(=O)Nc1nc2c(ncn2C2OC(CO)C3OC(C)(C)OC32)c(=O)[nH]1. The molecule has 1 amide bonds. The Morgan fingerprint density at radius 2 is 2.11 bits per heavy atom. The molecule has 2 aliphatic heterocycles. The second-order valence-electron chi connectivity index (χ2n) is 7.69. The fraction of sp³-hybridized carbons (Fsp3) is 0.647. The quantitative estimate of drug-likeness (QED) is 0.665. The highest BCUT2D eigenvalue weighted by Gasteiger charge is 2.56. The Kier molecular flexibility index (Phi) is 4.49. The van der Waals surface area contributed by atoms with Crippen LogP contribution in [0.3, 0.4) is 0 Å². The minimum Gasteiger partial charge on any atom is -0.394 e. The number of aliphatic hydroxyl groups is 1. The number of aromatic nitrogens is 4. The van der Waals surface area contributed by atoms with Crippen LogP contribution < -0.4 is 10.9 Å². The van der Waals surface area contributed by atoms with E-state index in [1.165, 1.54) is 6.33 Å². The van der Waals surface area contributed by atoms with Crippen molar-refractivity contribution in [3.63, 3.8) is 0 Å². The number of carbonyl (C=O) groups excluding carboxylic acids is 1. The lowest BCUT2D eigenvalue weighted by atomic mass is 10.1. The molecule has 4 unspecified atom stereocenters. The van der Waals surface area contributed by atoms with Gasteiger partial charge in [-0.05, 0) is 13.8 Å². The number of hydrogen-bond acceptors (Lipinski definition) is 8. The first-order valence-corrected chi connectivity index (χ1v) is 9.10. The largest absolute Gasteiger partial charge is 0.394 e. The fourth-order valence-corrected chi connectivity index (χ4v) is 3.46. The summed E-state index contributed by atoms with van der Waals surface area (Å²) in [5, 5.41) is 12.2. The fourth-order valence-electron chi connectivity index (χ4n) is 3.46. The van der Waals surface area contributed by atoms with E-state index < -0.39 is 35.9 Å². The lowest BCUT2D eigenvalue weighted by molar-refractivity contribution is -0.199. The molecule has 0 aromatic carbocycles. The Hall–Kier alpha value is -2.34. The molecule has 4 atom stereocenters. The number of nitrogens with zero attached hydrogens (tertiary/aromatic N) is 3. The Balaban J connectivity index is 1.74. The molecule has 2 aromatic heterocycles. The zero-order valence-electron chi connectivity index (χ0n) is 16.0. The number of ether oxygens (including phenoxy) is 3. The van der Waals surface area contributed by atoms with Crippen LogP contribution in [0.15, 0.2) is 11.1 Å². The van der Waals surface area contributed by atoms with Crippen LogP contribution >= 0.6 is 0 Å². The maximum absolute atomic E-state index is 12.4. The van der Waals surface area contributed by atoms with Crippen LogP contribution in [-0.4, -0.2) is 61.2 Å². The first kappa shape index (κ1) is 19.0. The molecule has 2 saturated heterocycles. The van der Waals surface area contributed by atoms with Gasteiger partial charge in [-0.25, -0.2) is 4.98 Å². The first-order valence-electron chi connectivity index (χ1n) is 9.10. The van der Waals surface area contributed by atoms with E-state index in [0.29, 0.717) is 0 Å². The van der Waals surface area contributed by atoms with Gasteiger partial charge in [0.2, 0.25) is 11.9 Å². The Bertz CT molecular complexity index is 967. The Morgan fingerprint density at radius 1 is 1.39 bits per heavy atom. The third-order valence-electron chi connectivity index (χ3n) is 4.78.